The molecule has 0 aliphatic carbocycles. The van der Waals surface area contributed by atoms with Crippen LogP contribution in [0.2, 0.25) is 0 Å². The number of halogens is 2. The van der Waals surface area contributed by atoms with Crippen LogP contribution in [0.15, 0.2) is 22.7 Å². The summed E-state index contributed by atoms with van der Waals surface area (Å²) in [5, 5.41) is 4.48. The summed E-state index contributed by atoms with van der Waals surface area (Å²) in [5.74, 6) is 5.49. The van der Waals surface area contributed by atoms with Gasteiger partial charge in [0.25, 0.3) is 0 Å². The van der Waals surface area contributed by atoms with Crippen molar-refractivity contribution in [3.8, 4) is 0 Å². The molecule has 114 valence electrons. The van der Waals surface area contributed by atoms with Crippen LogP contribution in [-0.4, -0.2) is 9.78 Å². The third kappa shape index (κ3) is 3.33. The zero-order chi connectivity index (χ0) is 15.6. The Bertz CT molecular complexity index is 639. The number of hydrogen-bond acceptors (Lipinski definition) is 3. The molecule has 2 rings (SSSR count). The van der Waals surface area contributed by atoms with E-state index in [2.05, 4.69) is 33.4 Å². The summed E-state index contributed by atoms with van der Waals surface area (Å²) in [6.45, 7) is 3.82. The van der Waals surface area contributed by atoms with Crippen LogP contribution >= 0.6 is 15.9 Å². The number of nitrogens with one attached hydrogen (secondary N) is 1. The quantitative estimate of drug-likeness (QED) is 0.641. The molecule has 0 aliphatic heterocycles. The van der Waals surface area contributed by atoms with Gasteiger partial charge in [-0.05, 0) is 46.5 Å². The Hall–Kier alpha value is -1.24. The molecule has 0 bridgehead atoms. The van der Waals surface area contributed by atoms with E-state index in [0.717, 1.165) is 27.8 Å². The molecular formula is C15H20BrFN4. The fraction of sp³-hybridized carbons (Fsp3) is 0.400. The van der Waals surface area contributed by atoms with Crippen molar-refractivity contribution in [3.05, 3.63) is 51.0 Å². The molecule has 0 fully saturated rings. The highest BCUT2D eigenvalue weighted by Crippen LogP contribution is 2.27. The highest BCUT2D eigenvalue weighted by Gasteiger charge is 2.18. The van der Waals surface area contributed by atoms with E-state index in [1.165, 1.54) is 6.07 Å². The Balaban J connectivity index is 2.31. The predicted molar refractivity (Wildman–Crippen MR) is 85.2 cm³/mol. The van der Waals surface area contributed by atoms with Gasteiger partial charge in [0.1, 0.15) is 5.82 Å². The van der Waals surface area contributed by atoms with Gasteiger partial charge in [0.15, 0.2) is 0 Å². The maximum absolute atomic E-state index is 13.4. The number of hydrogen-bond donors (Lipinski definition) is 2. The highest BCUT2D eigenvalue weighted by molar-refractivity contribution is 9.10. The molecule has 2 aromatic rings. The molecule has 1 atom stereocenters. The summed E-state index contributed by atoms with van der Waals surface area (Å²) in [6, 6.07) is 4.97. The molecule has 0 aliphatic rings. The van der Waals surface area contributed by atoms with Gasteiger partial charge >= 0.3 is 0 Å². The van der Waals surface area contributed by atoms with Crippen LogP contribution in [0.4, 0.5) is 4.39 Å². The van der Waals surface area contributed by atoms with Crippen LogP contribution in [0, 0.1) is 12.7 Å². The third-order valence-corrected chi connectivity index (χ3v) is 4.60. The molecular weight excluding hydrogens is 335 g/mol. The van der Waals surface area contributed by atoms with Crippen molar-refractivity contribution in [1.82, 2.24) is 15.2 Å². The first-order valence-corrected chi connectivity index (χ1v) is 7.69. The second kappa shape index (κ2) is 6.68. The van der Waals surface area contributed by atoms with E-state index in [0.29, 0.717) is 12.0 Å². The molecule has 1 unspecified atom stereocenters. The molecule has 1 aromatic carbocycles. The van der Waals surface area contributed by atoms with Gasteiger partial charge in [0.05, 0.1) is 21.9 Å². The minimum Gasteiger partial charge on any atom is -0.271 e. The van der Waals surface area contributed by atoms with Gasteiger partial charge < -0.3 is 0 Å². The number of hydrazine groups is 1. The SMILES string of the molecule is CCc1nn(C)c(CC(NN)c2ccc(F)c(C)c2)c1Br. The van der Waals surface area contributed by atoms with E-state index >= 15 is 0 Å². The molecule has 21 heavy (non-hydrogen) atoms. The van der Waals surface area contributed by atoms with Crippen molar-refractivity contribution in [2.45, 2.75) is 32.7 Å². The first-order valence-electron chi connectivity index (χ1n) is 6.90. The van der Waals surface area contributed by atoms with E-state index in [9.17, 15) is 4.39 Å². The van der Waals surface area contributed by atoms with Crippen LogP contribution in [0.5, 0.6) is 0 Å². The van der Waals surface area contributed by atoms with E-state index in [1.54, 1.807) is 13.0 Å². The summed E-state index contributed by atoms with van der Waals surface area (Å²) >= 11 is 3.61. The number of aromatic nitrogens is 2. The fourth-order valence-electron chi connectivity index (χ4n) is 2.39. The molecule has 0 saturated heterocycles. The molecule has 1 heterocycles. The van der Waals surface area contributed by atoms with Crippen LogP contribution in [0.1, 0.15) is 35.5 Å². The van der Waals surface area contributed by atoms with Crippen molar-refractivity contribution in [3.63, 3.8) is 0 Å². The topological polar surface area (TPSA) is 55.9 Å². The van der Waals surface area contributed by atoms with Gasteiger partial charge in [-0.2, -0.15) is 5.10 Å². The summed E-state index contributed by atoms with van der Waals surface area (Å²) < 4.78 is 16.3. The van der Waals surface area contributed by atoms with Gasteiger partial charge in [-0.1, -0.05) is 19.1 Å². The van der Waals surface area contributed by atoms with E-state index in [-0.39, 0.29) is 11.9 Å². The number of benzene rings is 1. The average molecular weight is 355 g/mol. The lowest BCUT2D eigenvalue weighted by Gasteiger charge is -2.17. The molecule has 0 amide bonds. The van der Waals surface area contributed by atoms with Crippen molar-refractivity contribution < 1.29 is 4.39 Å². The van der Waals surface area contributed by atoms with Gasteiger partial charge in [-0.3, -0.25) is 16.0 Å². The van der Waals surface area contributed by atoms with Gasteiger partial charge in [-0.15, -0.1) is 0 Å². The fourth-order valence-corrected chi connectivity index (χ4v) is 3.17. The third-order valence-electron chi connectivity index (χ3n) is 3.69. The van der Waals surface area contributed by atoms with E-state index < -0.39 is 0 Å². The number of rotatable bonds is 5. The lowest BCUT2D eigenvalue weighted by molar-refractivity contribution is 0.526. The van der Waals surface area contributed by atoms with Gasteiger partial charge in [0, 0.05) is 13.5 Å². The van der Waals surface area contributed by atoms with Crippen molar-refractivity contribution in [1.29, 1.82) is 0 Å². The first-order chi connectivity index (χ1) is 9.97. The molecule has 0 spiro atoms. The van der Waals surface area contributed by atoms with Crippen LogP contribution in [0.25, 0.3) is 0 Å². The average Bonchev–Trinajstić information content (AvgIpc) is 2.74. The van der Waals surface area contributed by atoms with Crippen LogP contribution < -0.4 is 11.3 Å². The lowest BCUT2D eigenvalue weighted by Crippen LogP contribution is -2.30. The lowest BCUT2D eigenvalue weighted by atomic mass is 10.00. The monoisotopic (exact) mass is 354 g/mol. The largest absolute Gasteiger partial charge is 0.271 e. The Labute approximate surface area is 132 Å². The van der Waals surface area contributed by atoms with Crippen LogP contribution in [-0.2, 0) is 19.9 Å². The van der Waals surface area contributed by atoms with Crippen molar-refractivity contribution in [2.24, 2.45) is 12.9 Å². The number of nitrogens with zero attached hydrogens (tertiary/aromatic N) is 2. The molecule has 0 saturated carbocycles. The van der Waals surface area contributed by atoms with Gasteiger partial charge in [-0.25, -0.2) is 4.39 Å². The minimum absolute atomic E-state index is 0.0966. The highest BCUT2D eigenvalue weighted by atomic mass is 79.9. The maximum atomic E-state index is 13.4. The Morgan fingerprint density at radius 3 is 2.71 bits per heavy atom. The summed E-state index contributed by atoms with van der Waals surface area (Å²) in [7, 11) is 1.92. The summed E-state index contributed by atoms with van der Waals surface area (Å²) in [4.78, 5) is 0. The Kier molecular flexibility index (Phi) is 5.13. The molecule has 4 nitrogen and oxygen atoms in total. The number of nitrogens with two attached hydrogens (primary N) is 1. The molecule has 1 aromatic heterocycles. The second-order valence-corrected chi connectivity index (χ2v) is 5.91. The summed E-state index contributed by atoms with van der Waals surface area (Å²) in [6.07, 6.45) is 1.54. The maximum Gasteiger partial charge on any atom is 0.126 e. The zero-order valence-corrected chi connectivity index (χ0v) is 14.0. The van der Waals surface area contributed by atoms with Crippen molar-refractivity contribution >= 4 is 15.9 Å². The summed E-state index contributed by atoms with van der Waals surface area (Å²) in [5.41, 5.74) is 6.48. The normalized spacial score (nSPS) is 12.7. The second-order valence-electron chi connectivity index (χ2n) is 5.12. The minimum atomic E-state index is -0.204. The van der Waals surface area contributed by atoms with E-state index in [1.807, 2.05) is 17.8 Å². The van der Waals surface area contributed by atoms with Gasteiger partial charge in [0.2, 0.25) is 0 Å². The first kappa shape index (κ1) is 16.1. The Morgan fingerprint density at radius 2 is 2.19 bits per heavy atom. The number of aryl methyl sites for hydroxylation is 3. The molecule has 6 heteroatoms. The predicted octanol–water partition coefficient (Wildman–Crippen LogP) is 2.94. The van der Waals surface area contributed by atoms with E-state index in [4.69, 9.17) is 5.84 Å². The van der Waals surface area contributed by atoms with Crippen LogP contribution in [0.3, 0.4) is 0 Å². The van der Waals surface area contributed by atoms with Crippen molar-refractivity contribution in [2.75, 3.05) is 0 Å². The standard InChI is InChI=1S/C15H20BrFN4/c1-4-12-15(16)14(21(3)20-12)8-13(19-18)10-5-6-11(17)9(2)7-10/h5-7,13,19H,4,8,18H2,1-3H3. The molecule has 0 radical (unpaired) electrons. The molecule has 3 N–H and O–H groups in total. The smallest absolute Gasteiger partial charge is 0.126 e. The zero-order valence-electron chi connectivity index (χ0n) is 12.5. The Morgan fingerprint density at radius 1 is 1.48 bits per heavy atom.